The third-order valence-electron chi connectivity index (χ3n) is 3.16. The minimum absolute atomic E-state index is 0. The summed E-state index contributed by atoms with van der Waals surface area (Å²) in [6, 6.07) is 9.93. The van der Waals surface area contributed by atoms with Crippen molar-refractivity contribution in [1.82, 2.24) is 0 Å². The molecular weight excluding hydrogens is 207 g/mol. The van der Waals surface area contributed by atoms with Crippen molar-refractivity contribution in [1.29, 1.82) is 0 Å². The summed E-state index contributed by atoms with van der Waals surface area (Å²) in [6.07, 6.45) is 7.05. The second-order valence-corrected chi connectivity index (χ2v) is 4.14. The molecule has 0 radical (unpaired) electrons. The summed E-state index contributed by atoms with van der Waals surface area (Å²) >= 11 is 0. The molecule has 16 heavy (non-hydrogen) atoms. The van der Waals surface area contributed by atoms with Gasteiger partial charge in [-0.25, -0.2) is 0 Å². The van der Waals surface area contributed by atoms with Gasteiger partial charge in [-0.1, -0.05) is 42.5 Å². The van der Waals surface area contributed by atoms with Crippen molar-refractivity contribution >= 4 is 11.4 Å². The molecule has 0 aromatic heterocycles. The van der Waals surface area contributed by atoms with E-state index in [0.29, 0.717) is 11.8 Å². The first-order chi connectivity index (χ1) is 7.43. The van der Waals surface area contributed by atoms with E-state index in [4.69, 9.17) is 0 Å². The van der Waals surface area contributed by atoms with E-state index in [-0.39, 0.29) is 29.6 Å². The zero-order valence-electron chi connectivity index (χ0n) is 9.50. The van der Waals surface area contributed by atoms with E-state index in [1.54, 1.807) is 0 Å². The molecule has 0 spiro atoms. The largest absolute Gasteiger partial charge is 1.00 e. The summed E-state index contributed by atoms with van der Waals surface area (Å²) in [6.45, 7) is 0. The van der Waals surface area contributed by atoms with E-state index in [0.717, 1.165) is 5.69 Å². The third-order valence-corrected chi connectivity index (χ3v) is 3.16. The molecular formula is C13H13N2Na. The van der Waals surface area contributed by atoms with Crippen molar-refractivity contribution < 1.29 is 29.6 Å². The van der Waals surface area contributed by atoms with Crippen LogP contribution in [0.5, 0.6) is 0 Å². The summed E-state index contributed by atoms with van der Waals surface area (Å²) in [5.41, 5.74) is 6.48. The molecule has 2 aliphatic rings. The van der Waals surface area contributed by atoms with Gasteiger partial charge in [0.1, 0.15) is 0 Å². The van der Waals surface area contributed by atoms with E-state index < -0.39 is 0 Å². The Hall–Kier alpha value is -0.570. The third kappa shape index (κ3) is 2.24. The van der Waals surface area contributed by atoms with Crippen LogP contribution in [0.25, 0.3) is 5.43 Å². The molecule has 3 rings (SSSR count). The maximum absolute atomic E-state index is 4.40. The molecule has 2 aliphatic carbocycles. The predicted molar refractivity (Wildman–Crippen MR) is 62.3 cm³/mol. The molecule has 1 saturated carbocycles. The van der Waals surface area contributed by atoms with Gasteiger partial charge in [0.2, 0.25) is 0 Å². The average molecular weight is 220 g/mol. The minimum atomic E-state index is 0. The van der Waals surface area contributed by atoms with Crippen LogP contribution in [-0.4, -0.2) is 5.71 Å². The normalized spacial score (nSPS) is 25.4. The van der Waals surface area contributed by atoms with Crippen molar-refractivity contribution in [2.45, 2.75) is 12.8 Å². The van der Waals surface area contributed by atoms with E-state index in [1.165, 1.54) is 18.6 Å². The Bertz CT molecular complexity index is 395. The smallest absolute Gasteiger partial charge is 0.576 e. The molecule has 0 N–H and O–H groups in total. The van der Waals surface area contributed by atoms with Gasteiger partial charge in [0, 0.05) is 17.5 Å². The molecule has 2 atom stereocenters. The van der Waals surface area contributed by atoms with Crippen molar-refractivity contribution in [2.24, 2.45) is 16.9 Å². The maximum atomic E-state index is 4.40. The number of benzene rings is 1. The summed E-state index contributed by atoms with van der Waals surface area (Å²) in [5, 5.41) is 4.40. The zero-order chi connectivity index (χ0) is 10.1. The van der Waals surface area contributed by atoms with Crippen LogP contribution in [0.4, 0.5) is 5.69 Å². The zero-order valence-corrected chi connectivity index (χ0v) is 11.5. The molecule has 0 aliphatic heterocycles. The fourth-order valence-corrected chi connectivity index (χ4v) is 2.35. The standard InChI is InChI=1S/C13H13N2.Na/c1-2-4-12(5-3-1)14-15-13-10-6-7-11(13)9-8-10;/h1-7,10-11H,8-9H2;/q-1;+1. The molecule has 1 aromatic rings. The van der Waals surface area contributed by atoms with Crippen LogP contribution in [-0.2, 0) is 0 Å². The Kier molecular flexibility index (Phi) is 3.85. The molecule has 76 valence electrons. The van der Waals surface area contributed by atoms with E-state index in [2.05, 4.69) is 22.7 Å². The number of hydrogen-bond donors (Lipinski definition) is 0. The van der Waals surface area contributed by atoms with Gasteiger partial charge in [0.05, 0.1) is 0 Å². The Morgan fingerprint density at radius 1 is 1.00 bits per heavy atom. The molecule has 2 unspecified atom stereocenters. The van der Waals surface area contributed by atoms with E-state index in [1.807, 2.05) is 30.3 Å². The van der Waals surface area contributed by atoms with E-state index in [9.17, 15) is 0 Å². The molecule has 2 bridgehead atoms. The van der Waals surface area contributed by atoms with Crippen LogP contribution >= 0.6 is 0 Å². The minimum Gasteiger partial charge on any atom is -0.576 e. The molecule has 0 saturated heterocycles. The monoisotopic (exact) mass is 220 g/mol. The van der Waals surface area contributed by atoms with Crippen LogP contribution in [0.15, 0.2) is 47.6 Å². The van der Waals surface area contributed by atoms with Crippen LogP contribution in [0.1, 0.15) is 12.8 Å². The van der Waals surface area contributed by atoms with Gasteiger partial charge < -0.3 is 10.5 Å². The number of fused-ring (bicyclic) bond motifs is 2. The Morgan fingerprint density at radius 2 is 1.62 bits per heavy atom. The van der Waals surface area contributed by atoms with Crippen molar-refractivity contribution in [3.8, 4) is 0 Å². The van der Waals surface area contributed by atoms with Gasteiger partial charge in [-0.15, -0.1) is 5.69 Å². The summed E-state index contributed by atoms with van der Waals surface area (Å²) in [4.78, 5) is 0. The van der Waals surface area contributed by atoms with Crippen LogP contribution < -0.4 is 29.6 Å². The van der Waals surface area contributed by atoms with Crippen LogP contribution in [0.2, 0.25) is 0 Å². The first-order valence-corrected chi connectivity index (χ1v) is 5.45. The number of allylic oxidation sites excluding steroid dienone is 2. The average Bonchev–Trinajstić information content (AvgIpc) is 2.87. The summed E-state index contributed by atoms with van der Waals surface area (Å²) < 4.78 is 0. The molecule has 3 heteroatoms. The molecule has 0 amide bonds. The SMILES string of the molecule is C1=CC2CCC1C2=N[N-]c1ccccc1.[Na+]. The second kappa shape index (κ2) is 5.17. The van der Waals surface area contributed by atoms with Crippen molar-refractivity contribution in [3.05, 3.63) is 47.9 Å². The predicted octanol–water partition coefficient (Wildman–Crippen LogP) is 0.648. The fourth-order valence-electron chi connectivity index (χ4n) is 2.35. The quantitative estimate of drug-likeness (QED) is 0.397. The van der Waals surface area contributed by atoms with Crippen molar-refractivity contribution in [3.63, 3.8) is 0 Å². The maximum Gasteiger partial charge on any atom is 1.00 e. The molecule has 1 fully saturated rings. The van der Waals surface area contributed by atoms with Gasteiger partial charge in [-0.3, -0.25) is 0 Å². The van der Waals surface area contributed by atoms with Gasteiger partial charge in [-0.05, 0) is 12.8 Å². The number of nitrogens with zero attached hydrogens (tertiary/aromatic N) is 2. The van der Waals surface area contributed by atoms with Gasteiger partial charge in [-0.2, -0.15) is 0 Å². The molecule has 0 heterocycles. The second-order valence-electron chi connectivity index (χ2n) is 4.14. The van der Waals surface area contributed by atoms with Crippen LogP contribution in [0.3, 0.4) is 0 Å². The van der Waals surface area contributed by atoms with E-state index >= 15 is 0 Å². The number of hydrogen-bond acceptors (Lipinski definition) is 1. The van der Waals surface area contributed by atoms with Gasteiger partial charge >= 0.3 is 29.6 Å². The summed E-state index contributed by atoms with van der Waals surface area (Å²) in [5.74, 6) is 1.14. The van der Waals surface area contributed by atoms with Gasteiger partial charge in [0.25, 0.3) is 0 Å². The number of rotatable bonds is 2. The van der Waals surface area contributed by atoms with Crippen LogP contribution in [0, 0.1) is 11.8 Å². The summed E-state index contributed by atoms with van der Waals surface area (Å²) in [7, 11) is 0. The first kappa shape index (κ1) is 11.9. The fraction of sp³-hybridized carbons (Fsp3) is 0.308. The Morgan fingerprint density at radius 3 is 2.19 bits per heavy atom. The van der Waals surface area contributed by atoms with Gasteiger partial charge in [0.15, 0.2) is 0 Å². The molecule has 2 nitrogen and oxygen atoms in total. The van der Waals surface area contributed by atoms with Crippen molar-refractivity contribution in [2.75, 3.05) is 0 Å². The Labute approximate surface area is 118 Å². The first-order valence-electron chi connectivity index (χ1n) is 5.45. The topological polar surface area (TPSA) is 26.5 Å². The molecule has 1 aromatic carbocycles. The Balaban J connectivity index is 0.000000963.